The summed E-state index contributed by atoms with van der Waals surface area (Å²) in [5, 5.41) is 18.0. The number of hydrogen-bond donors (Lipinski definition) is 3. The highest BCUT2D eigenvalue weighted by Gasteiger charge is 2.13. The molecule has 1 aromatic carbocycles. The van der Waals surface area contributed by atoms with Crippen molar-refractivity contribution in [2.75, 3.05) is 11.0 Å². The van der Waals surface area contributed by atoms with Gasteiger partial charge in [-0.15, -0.1) is 0 Å². The van der Waals surface area contributed by atoms with Crippen molar-refractivity contribution < 1.29 is 18.5 Å². The topological polar surface area (TPSA) is 86.6 Å². The van der Waals surface area contributed by atoms with Gasteiger partial charge in [0.15, 0.2) is 0 Å². The van der Waals surface area contributed by atoms with Crippen LogP contribution < -0.4 is 10.2 Å². The van der Waals surface area contributed by atoms with E-state index >= 15 is 0 Å². The average molecular weight is 249 g/mol. The summed E-state index contributed by atoms with van der Waals surface area (Å²) in [6.45, 7) is 0. The molecule has 0 saturated carbocycles. The van der Waals surface area contributed by atoms with Crippen molar-refractivity contribution in [3.63, 3.8) is 0 Å². The molecule has 0 aliphatic rings. The van der Waals surface area contributed by atoms with E-state index in [0.717, 1.165) is 6.26 Å². The van der Waals surface area contributed by atoms with Gasteiger partial charge in [0.1, 0.15) is 0 Å². The van der Waals surface area contributed by atoms with Crippen molar-refractivity contribution in [3.05, 3.63) is 23.2 Å². The van der Waals surface area contributed by atoms with E-state index in [1.807, 2.05) is 0 Å². The lowest BCUT2D eigenvalue weighted by Crippen LogP contribution is -2.30. The normalized spacial score (nSPS) is 11.2. The predicted molar refractivity (Wildman–Crippen MR) is 59.7 cm³/mol. The minimum atomic E-state index is -3.41. The summed E-state index contributed by atoms with van der Waals surface area (Å²) in [5.41, 5.74) is 0.307. The minimum Gasteiger partial charge on any atom is -0.423 e. The Morgan fingerprint density at radius 2 is 1.93 bits per heavy atom. The molecule has 0 aromatic heterocycles. The molecule has 8 heteroatoms. The summed E-state index contributed by atoms with van der Waals surface area (Å²) in [5.74, 6) is 0. The van der Waals surface area contributed by atoms with Gasteiger partial charge in [-0.05, 0) is 23.7 Å². The first-order chi connectivity index (χ1) is 6.78. The van der Waals surface area contributed by atoms with Gasteiger partial charge in [0.05, 0.1) is 6.26 Å². The quantitative estimate of drug-likeness (QED) is 0.624. The van der Waals surface area contributed by atoms with Crippen molar-refractivity contribution in [3.8, 4) is 0 Å². The maximum Gasteiger partial charge on any atom is 0.488 e. The fraction of sp³-hybridized carbons (Fsp3) is 0.143. The Morgan fingerprint density at radius 1 is 1.33 bits per heavy atom. The van der Waals surface area contributed by atoms with Crippen LogP contribution in [0.25, 0.3) is 0 Å². The van der Waals surface area contributed by atoms with Crippen molar-refractivity contribution in [2.24, 2.45) is 0 Å². The second-order valence-electron chi connectivity index (χ2n) is 3.02. The van der Waals surface area contributed by atoms with E-state index in [1.165, 1.54) is 18.2 Å². The molecule has 0 aliphatic heterocycles. The Balaban J connectivity index is 3.10. The first-order valence-corrected chi connectivity index (χ1v) is 6.19. The van der Waals surface area contributed by atoms with Gasteiger partial charge >= 0.3 is 7.12 Å². The van der Waals surface area contributed by atoms with Crippen LogP contribution >= 0.6 is 11.6 Å². The van der Waals surface area contributed by atoms with Crippen LogP contribution in [-0.4, -0.2) is 31.8 Å². The third kappa shape index (κ3) is 4.09. The molecule has 0 aliphatic carbocycles. The lowest BCUT2D eigenvalue weighted by Gasteiger charge is -2.07. The Hall–Kier alpha value is -0.755. The minimum absolute atomic E-state index is 0.119. The molecule has 5 nitrogen and oxygen atoms in total. The van der Waals surface area contributed by atoms with Crippen LogP contribution in [0.4, 0.5) is 5.69 Å². The Kier molecular flexibility index (Phi) is 3.61. The van der Waals surface area contributed by atoms with E-state index in [9.17, 15) is 8.42 Å². The Labute approximate surface area is 92.9 Å². The molecule has 3 N–H and O–H groups in total. The molecule has 0 fully saturated rings. The van der Waals surface area contributed by atoms with Crippen LogP contribution in [0.5, 0.6) is 0 Å². The maximum absolute atomic E-state index is 10.9. The van der Waals surface area contributed by atoms with E-state index in [-0.39, 0.29) is 16.2 Å². The summed E-state index contributed by atoms with van der Waals surface area (Å²) >= 11 is 5.67. The number of benzene rings is 1. The fourth-order valence-electron chi connectivity index (χ4n) is 1.03. The highest BCUT2D eigenvalue weighted by atomic mass is 35.5. The van der Waals surface area contributed by atoms with Crippen LogP contribution in [0.15, 0.2) is 18.2 Å². The monoisotopic (exact) mass is 249 g/mol. The smallest absolute Gasteiger partial charge is 0.423 e. The van der Waals surface area contributed by atoms with Crippen LogP contribution in [0.3, 0.4) is 0 Å². The molecule has 0 amide bonds. The molecular formula is C7H9BClNO4S. The van der Waals surface area contributed by atoms with Crippen LogP contribution in [0.2, 0.25) is 5.02 Å². The van der Waals surface area contributed by atoms with Gasteiger partial charge in [-0.3, -0.25) is 4.72 Å². The summed E-state index contributed by atoms with van der Waals surface area (Å²) < 4.78 is 24.0. The van der Waals surface area contributed by atoms with E-state index < -0.39 is 17.1 Å². The molecule has 0 bridgehead atoms. The molecule has 0 unspecified atom stereocenters. The molecule has 0 spiro atoms. The largest absolute Gasteiger partial charge is 0.488 e. The number of anilines is 1. The zero-order valence-electron chi connectivity index (χ0n) is 7.81. The molecule has 0 heterocycles. The van der Waals surface area contributed by atoms with Gasteiger partial charge < -0.3 is 10.0 Å². The van der Waals surface area contributed by atoms with Crippen molar-refractivity contribution in [1.82, 2.24) is 0 Å². The maximum atomic E-state index is 10.9. The molecular weight excluding hydrogens is 240 g/mol. The highest BCUT2D eigenvalue weighted by Crippen LogP contribution is 2.14. The van der Waals surface area contributed by atoms with Crippen molar-refractivity contribution in [2.45, 2.75) is 0 Å². The summed E-state index contributed by atoms with van der Waals surface area (Å²) in [6.07, 6.45) is 0.989. The highest BCUT2D eigenvalue weighted by molar-refractivity contribution is 7.92. The third-order valence-electron chi connectivity index (χ3n) is 1.52. The number of nitrogens with one attached hydrogen (secondary N) is 1. The van der Waals surface area contributed by atoms with Gasteiger partial charge in [-0.25, -0.2) is 8.42 Å². The fourth-order valence-corrected chi connectivity index (χ4v) is 1.82. The van der Waals surface area contributed by atoms with E-state index in [0.29, 0.717) is 0 Å². The molecule has 0 saturated heterocycles. The number of hydrogen-bond acceptors (Lipinski definition) is 4. The van der Waals surface area contributed by atoms with E-state index in [2.05, 4.69) is 4.72 Å². The zero-order chi connectivity index (χ0) is 11.6. The SMILES string of the molecule is CS(=O)(=O)Nc1cc(Cl)cc(B(O)O)c1. The zero-order valence-corrected chi connectivity index (χ0v) is 9.38. The van der Waals surface area contributed by atoms with Gasteiger partial charge in [-0.1, -0.05) is 11.6 Å². The molecule has 1 aromatic rings. The molecule has 15 heavy (non-hydrogen) atoms. The number of sulfonamides is 1. The summed E-state index contributed by atoms with van der Waals surface area (Å²) in [4.78, 5) is 0. The van der Waals surface area contributed by atoms with Crippen molar-refractivity contribution in [1.29, 1.82) is 0 Å². The average Bonchev–Trinajstić information content (AvgIpc) is 1.99. The van der Waals surface area contributed by atoms with Crippen LogP contribution in [0, 0.1) is 0 Å². The first-order valence-electron chi connectivity index (χ1n) is 3.92. The second kappa shape index (κ2) is 4.40. The first kappa shape index (κ1) is 12.3. The lowest BCUT2D eigenvalue weighted by atomic mass is 9.80. The summed E-state index contributed by atoms with van der Waals surface area (Å²) in [7, 11) is -5.10. The predicted octanol–water partition coefficient (Wildman–Crippen LogP) is -0.609. The lowest BCUT2D eigenvalue weighted by molar-refractivity contribution is 0.426. The Bertz CT molecular complexity index is 462. The number of rotatable bonds is 3. The van der Waals surface area contributed by atoms with Gasteiger partial charge in [0, 0.05) is 10.7 Å². The van der Waals surface area contributed by atoms with Gasteiger partial charge in [-0.2, -0.15) is 0 Å². The van der Waals surface area contributed by atoms with Gasteiger partial charge in [0.25, 0.3) is 0 Å². The van der Waals surface area contributed by atoms with E-state index in [4.69, 9.17) is 21.6 Å². The second-order valence-corrected chi connectivity index (χ2v) is 5.21. The van der Waals surface area contributed by atoms with Gasteiger partial charge in [0.2, 0.25) is 10.0 Å². The van der Waals surface area contributed by atoms with Crippen LogP contribution in [0.1, 0.15) is 0 Å². The van der Waals surface area contributed by atoms with Crippen LogP contribution in [-0.2, 0) is 10.0 Å². The molecule has 82 valence electrons. The number of halogens is 1. The van der Waals surface area contributed by atoms with Crippen molar-refractivity contribution >= 4 is 39.9 Å². The Morgan fingerprint density at radius 3 is 2.40 bits per heavy atom. The molecule has 1 rings (SSSR count). The molecule has 0 radical (unpaired) electrons. The summed E-state index contributed by atoms with van der Waals surface area (Å²) in [6, 6.07) is 3.99. The molecule has 0 atom stereocenters. The standard InChI is InChI=1S/C7H9BClNO4S/c1-15(13,14)10-7-3-5(8(11)12)2-6(9)4-7/h2-4,10-12H,1H3. The third-order valence-corrected chi connectivity index (χ3v) is 2.35. The van der Waals surface area contributed by atoms with E-state index in [1.54, 1.807) is 0 Å².